The number of hydrogen-bond acceptors (Lipinski definition) is 4. The number of rotatable bonds is 7. The van der Waals surface area contributed by atoms with Crippen LogP contribution in [0.5, 0.6) is 5.75 Å². The quantitative estimate of drug-likeness (QED) is 0.641. The Balaban J connectivity index is 1.64. The summed E-state index contributed by atoms with van der Waals surface area (Å²) in [6.07, 6.45) is 1.45. The highest BCUT2D eigenvalue weighted by Crippen LogP contribution is 2.16. The molecule has 6 nitrogen and oxygen atoms in total. The number of aromatic nitrogens is 1. The number of aryl methyl sites for hydroxylation is 1. The van der Waals surface area contributed by atoms with Crippen molar-refractivity contribution in [2.75, 3.05) is 11.9 Å². The Morgan fingerprint density at radius 1 is 1.00 bits per heavy atom. The molecule has 3 aromatic rings. The molecule has 29 heavy (non-hydrogen) atoms. The fourth-order valence-electron chi connectivity index (χ4n) is 2.78. The van der Waals surface area contributed by atoms with Crippen LogP contribution in [-0.2, 0) is 6.54 Å². The van der Waals surface area contributed by atoms with E-state index in [4.69, 9.17) is 4.74 Å². The predicted molar refractivity (Wildman–Crippen MR) is 112 cm³/mol. The van der Waals surface area contributed by atoms with Crippen molar-refractivity contribution in [3.8, 4) is 5.75 Å². The molecule has 2 aromatic carbocycles. The van der Waals surface area contributed by atoms with Crippen molar-refractivity contribution in [1.29, 1.82) is 0 Å². The van der Waals surface area contributed by atoms with Crippen molar-refractivity contribution in [2.24, 2.45) is 0 Å². The molecule has 0 spiro atoms. The Kier molecular flexibility index (Phi) is 6.58. The van der Waals surface area contributed by atoms with Gasteiger partial charge in [-0.05, 0) is 61.4 Å². The molecule has 0 saturated carbocycles. The van der Waals surface area contributed by atoms with Crippen molar-refractivity contribution in [3.63, 3.8) is 0 Å². The van der Waals surface area contributed by atoms with Crippen molar-refractivity contribution in [3.05, 3.63) is 89.2 Å². The molecule has 1 heterocycles. The maximum absolute atomic E-state index is 12.5. The predicted octanol–water partition coefficient (Wildman–Crippen LogP) is 3.97. The van der Waals surface area contributed by atoms with Gasteiger partial charge in [-0.2, -0.15) is 0 Å². The van der Waals surface area contributed by atoms with E-state index in [0.717, 1.165) is 16.9 Å². The molecule has 2 amide bonds. The van der Waals surface area contributed by atoms with Crippen LogP contribution in [-0.4, -0.2) is 23.4 Å². The number of anilines is 1. The van der Waals surface area contributed by atoms with Crippen LogP contribution in [0.3, 0.4) is 0 Å². The Hall–Kier alpha value is -3.67. The SMILES string of the molecule is CCOc1ccc(NC(=O)c2cc(C(=O)NCc3ccccc3C)ccn2)cc1. The third-order valence-electron chi connectivity index (χ3n) is 4.38. The van der Waals surface area contributed by atoms with Crippen LogP contribution in [0.1, 0.15) is 38.9 Å². The average molecular weight is 389 g/mol. The number of ether oxygens (including phenoxy) is 1. The molecular weight excluding hydrogens is 366 g/mol. The highest BCUT2D eigenvalue weighted by Gasteiger charge is 2.12. The summed E-state index contributed by atoms with van der Waals surface area (Å²) in [4.78, 5) is 29.0. The molecule has 0 saturated heterocycles. The van der Waals surface area contributed by atoms with Crippen LogP contribution >= 0.6 is 0 Å². The minimum atomic E-state index is -0.386. The van der Waals surface area contributed by atoms with Crippen molar-refractivity contribution in [1.82, 2.24) is 10.3 Å². The standard InChI is InChI=1S/C23H23N3O3/c1-3-29-20-10-8-19(9-11-20)26-23(28)21-14-17(12-13-24-21)22(27)25-15-18-7-5-4-6-16(18)2/h4-14H,3,15H2,1-2H3,(H,25,27)(H,26,28). The van der Waals surface area contributed by atoms with Crippen LogP contribution in [0, 0.1) is 6.92 Å². The van der Waals surface area contributed by atoms with Gasteiger partial charge in [0.05, 0.1) is 6.61 Å². The van der Waals surface area contributed by atoms with Gasteiger partial charge < -0.3 is 15.4 Å². The molecule has 0 fully saturated rings. The van der Waals surface area contributed by atoms with E-state index < -0.39 is 0 Å². The zero-order chi connectivity index (χ0) is 20.6. The van der Waals surface area contributed by atoms with Crippen LogP contribution in [0.2, 0.25) is 0 Å². The smallest absolute Gasteiger partial charge is 0.274 e. The number of amides is 2. The van der Waals surface area contributed by atoms with Gasteiger partial charge in [-0.1, -0.05) is 24.3 Å². The van der Waals surface area contributed by atoms with Gasteiger partial charge in [-0.15, -0.1) is 0 Å². The minimum absolute atomic E-state index is 0.169. The third kappa shape index (κ3) is 5.42. The first-order valence-corrected chi connectivity index (χ1v) is 9.40. The lowest BCUT2D eigenvalue weighted by Crippen LogP contribution is -2.24. The molecule has 0 aliphatic carbocycles. The summed E-state index contributed by atoms with van der Waals surface area (Å²) in [5.41, 5.74) is 3.32. The summed E-state index contributed by atoms with van der Waals surface area (Å²) < 4.78 is 5.39. The maximum Gasteiger partial charge on any atom is 0.274 e. The van der Waals surface area contributed by atoms with Crippen LogP contribution in [0.15, 0.2) is 66.9 Å². The first kappa shape index (κ1) is 20.1. The van der Waals surface area contributed by atoms with E-state index in [0.29, 0.717) is 24.4 Å². The van der Waals surface area contributed by atoms with E-state index in [1.165, 1.54) is 12.3 Å². The number of benzene rings is 2. The van der Waals surface area contributed by atoms with Gasteiger partial charge in [0.1, 0.15) is 11.4 Å². The van der Waals surface area contributed by atoms with Gasteiger partial charge >= 0.3 is 0 Å². The molecule has 148 valence electrons. The third-order valence-corrected chi connectivity index (χ3v) is 4.38. The second-order valence-electron chi connectivity index (χ2n) is 6.45. The van der Waals surface area contributed by atoms with Crippen LogP contribution in [0.25, 0.3) is 0 Å². The Morgan fingerprint density at radius 3 is 2.48 bits per heavy atom. The summed E-state index contributed by atoms with van der Waals surface area (Å²) in [6, 6.07) is 18.0. The second kappa shape index (κ2) is 9.50. The molecule has 0 unspecified atom stereocenters. The lowest BCUT2D eigenvalue weighted by Gasteiger charge is -2.09. The first-order chi connectivity index (χ1) is 14.1. The van der Waals surface area contributed by atoms with Gasteiger partial charge in [0.15, 0.2) is 0 Å². The minimum Gasteiger partial charge on any atom is -0.494 e. The Labute approximate surface area is 169 Å². The Bertz CT molecular complexity index is 1000. The highest BCUT2D eigenvalue weighted by atomic mass is 16.5. The number of pyridine rings is 1. The zero-order valence-corrected chi connectivity index (χ0v) is 16.4. The zero-order valence-electron chi connectivity index (χ0n) is 16.4. The van der Waals surface area contributed by atoms with Gasteiger partial charge in [-0.25, -0.2) is 0 Å². The van der Waals surface area contributed by atoms with Crippen LogP contribution in [0.4, 0.5) is 5.69 Å². The van der Waals surface area contributed by atoms with E-state index in [1.54, 1.807) is 30.3 Å². The molecule has 1 aromatic heterocycles. The van der Waals surface area contributed by atoms with Gasteiger partial charge in [0.25, 0.3) is 11.8 Å². The van der Waals surface area contributed by atoms with E-state index >= 15 is 0 Å². The average Bonchev–Trinajstić information content (AvgIpc) is 2.74. The molecule has 0 aliphatic rings. The lowest BCUT2D eigenvalue weighted by atomic mass is 10.1. The van der Waals surface area contributed by atoms with E-state index in [9.17, 15) is 9.59 Å². The fourth-order valence-corrected chi connectivity index (χ4v) is 2.78. The van der Waals surface area contributed by atoms with Crippen molar-refractivity contribution in [2.45, 2.75) is 20.4 Å². The number of nitrogens with zero attached hydrogens (tertiary/aromatic N) is 1. The molecular formula is C23H23N3O3. The summed E-state index contributed by atoms with van der Waals surface area (Å²) in [5.74, 6) is 0.0874. The summed E-state index contributed by atoms with van der Waals surface area (Å²) in [5, 5.41) is 5.65. The van der Waals surface area contributed by atoms with E-state index in [-0.39, 0.29) is 17.5 Å². The second-order valence-corrected chi connectivity index (χ2v) is 6.45. The van der Waals surface area contributed by atoms with E-state index in [2.05, 4.69) is 15.6 Å². The van der Waals surface area contributed by atoms with Gasteiger partial charge in [0, 0.05) is 24.0 Å². The lowest BCUT2D eigenvalue weighted by molar-refractivity contribution is 0.0950. The number of carbonyl (C=O) groups excluding carboxylic acids is 2. The monoisotopic (exact) mass is 389 g/mol. The maximum atomic E-state index is 12.5. The number of carbonyl (C=O) groups is 2. The van der Waals surface area contributed by atoms with Crippen LogP contribution < -0.4 is 15.4 Å². The first-order valence-electron chi connectivity index (χ1n) is 9.40. The summed E-state index contributed by atoms with van der Waals surface area (Å²) in [7, 11) is 0. The van der Waals surface area contributed by atoms with E-state index in [1.807, 2.05) is 38.1 Å². The summed E-state index contributed by atoms with van der Waals surface area (Å²) in [6.45, 7) is 4.90. The fraction of sp³-hybridized carbons (Fsp3) is 0.174. The topological polar surface area (TPSA) is 80.3 Å². The Morgan fingerprint density at radius 2 is 1.76 bits per heavy atom. The number of nitrogens with one attached hydrogen (secondary N) is 2. The highest BCUT2D eigenvalue weighted by molar-refractivity contribution is 6.04. The molecule has 0 aliphatic heterocycles. The molecule has 0 radical (unpaired) electrons. The van der Waals surface area contributed by atoms with Crippen molar-refractivity contribution < 1.29 is 14.3 Å². The molecule has 2 N–H and O–H groups in total. The summed E-state index contributed by atoms with van der Waals surface area (Å²) >= 11 is 0. The molecule has 6 heteroatoms. The normalized spacial score (nSPS) is 10.3. The largest absolute Gasteiger partial charge is 0.494 e. The molecule has 3 rings (SSSR count). The van der Waals surface area contributed by atoms with Gasteiger partial charge in [0.2, 0.25) is 0 Å². The molecule has 0 bridgehead atoms. The van der Waals surface area contributed by atoms with Crippen molar-refractivity contribution >= 4 is 17.5 Å². The van der Waals surface area contributed by atoms with Gasteiger partial charge in [-0.3, -0.25) is 14.6 Å². The molecule has 0 atom stereocenters. The number of hydrogen-bond donors (Lipinski definition) is 2.